The molecule has 0 saturated carbocycles. The van der Waals surface area contributed by atoms with Gasteiger partial charge in [0.25, 0.3) is 0 Å². The van der Waals surface area contributed by atoms with Crippen molar-refractivity contribution in [2.24, 2.45) is 0 Å². The van der Waals surface area contributed by atoms with Crippen LogP contribution in [0.15, 0.2) is 18.2 Å². The number of nitrogens with zero attached hydrogens (tertiary/aromatic N) is 1. The molecule has 1 atom stereocenters. The molecule has 1 aliphatic heterocycles. The van der Waals surface area contributed by atoms with Gasteiger partial charge in [0.2, 0.25) is 0 Å². The second-order valence-electron chi connectivity index (χ2n) is 4.25. The Balaban J connectivity index is 2.29. The molecule has 0 aromatic heterocycles. The van der Waals surface area contributed by atoms with Crippen molar-refractivity contribution in [3.8, 4) is 0 Å². The minimum atomic E-state index is -0.836. The van der Waals surface area contributed by atoms with Gasteiger partial charge in [-0.15, -0.1) is 0 Å². The molecular weight excluding hydrogens is 204 g/mol. The third-order valence-corrected chi connectivity index (χ3v) is 3.18. The molecule has 1 aromatic rings. The lowest BCUT2D eigenvalue weighted by Gasteiger charge is -2.22. The first kappa shape index (κ1) is 10.8. The lowest BCUT2D eigenvalue weighted by Crippen LogP contribution is -2.28. The van der Waals surface area contributed by atoms with Crippen molar-refractivity contribution in [2.45, 2.75) is 25.8 Å². The highest BCUT2D eigenvalue weighted by Gasteiger charge is 2.29. The van der Waals surface area contributed by atoms with E-state index in [4.69, 9.17) is 10.8 Å². The number of nitrogens with two attached hydrogens (primary N) is 1. The number of amides is 1. The summed E-state index contributed by atoms with van der Waals surface area (Å²) >= 11 is 0. The number of benzene rings is 1. The van der Waals surface area contributed by atoms with Crippen molar-refractivity contribution in [1.82, 2.24) is 4.90 Å². The van der Waals surface area contributed by atoms with E-state index in [-0.39, 0.29) is 6.04 Å². The molecule has 0 aliphatic carbocycles. The van der Waals surface area contributed by atoms with Gasteiger partial charge >= 0.3 is 6.09 Å². The number of rotatable bonds is 1. The number of carbonyl (C=O) groups is 1. The lowest BCUT2D eigenvalue weighted by atomic mass is 10.0. The SMILES string of the molecule is Cc1cc(C2CCCN2C(=O)O)ccc1N. The van der Waals surface area contributed by atoms with Gasteiger partial charge in [-0.05, 0) is 37.0 Å². The molecule has 1 unspecified atom stereocenters. The van der Waals surface area contributed by atoms with Gasteiger partial charge in [0.15, 0.2) is 0 Å². The number of hydrogen-bond donors (Lipinski definition) is 2. The van der Waals surface area contributed by atoms with Crippen LogP contribution in [0.1, 0.15) is 30.0 Å². The molecule has 1 aliphatic rings. The third kappa shape index (κ3) is 1.83. The first-order chi connectivity index (χ1) is 7.59. The second kappa shape index (κ2) is 4.04. The number of anilines is 1. The highest BCUT2D eigenvalue weighted by molar-refractivity contribution is 5.66. The first-order valence-electron chi connectivity index (χ1n) is 5.45. The number of hydrogen-bond acceptors (Lipinski definition) is 2. The molecule has 2 rings (SSSR count). The van der Waals surface area contributed by atoms with Crippen molar-refractivity contribution < 1.29 is 9.90 Å². The average molecular weight is 220 g/mol. The molecule has 3 N–H and O–H groups in total. The highest BCUT2D eigenvalue weighted by atomic mass is 16.4. The summed E-state index contributed by atoms with van der Waals surface area (Å²) in [7, 11) is 0. The van der Waals surface area contributed by atoms with Crippen LogP contribution in [-0.4, -0.2) is 22.6 Å². The van der Waals surface area contributed by atoms with Crippen LogP contribution >= 0.6 is 0 Å². The molecule has 16 heavy (non-hydrogen) atoms. The summed E-state index contributed by atoms with van der Waals surface area (Å²) in [6, 6.07) is 5.76. The molecule has 1 fully saturated rings. The zero-order chi connectivity index (χ0) is 11.7. The fourth-order valence-electron chi connectivity index (χ4n) is 2.25. The van der Waals surface area contributed by atoms with Gasteiger partial charge in [-0.1, -0.05) is 12.1 Å². The van der Waals surface area contributed by atoms with E-state index < -0.39 is 6.09 Å². The summed E-state index contributed by atoms with van der Waals surface area (Å²) in [6.07, 6.45) is 0.993. The topological polar surface area (TPSA) is 66.6 Å². The van der Waals surface area contributed by atoms with Crippen LogP contribution in [0.3, 0.4) is 0 Å². The first-order valence-corrected chi connectivity index (χ1v) is 5.45. The summed E-state index contributed by atoms with van der Waals surface area (Å²) < 4.78 is 0. The molecule has 4 heteroatoms. The van der Waals surface area contributed by atoms with Crippen molar-refractivity contribution in [2.75, 3.05) is 12.3 Å². The Morgan fingerprint density at radius 1 is 1.56 bits per heavy atom. The van der Waals surface area contributed by atoms with E-state index >= 15 is 0 Å². The van der Waals surface area contributed by atoms with Gasteiger partial charge in [-0.3, -0.25) is 0 Å². The van der Waals surface area contributed by atoms with E-state index in [0.29, 0.717) is 6.54 Å². The van der Waals surface area contributed by atoms with Crippen LogP contribution in [0.4, 0.5) is 10.5 Å². The quantitative estimate of drug-likeness (QED) is 0.714. The maximum Gasteiger partial charge on any atom is 0.407 e. The summed E-state index contributed by atoms with van der Waals surface area (Å²) in [5, 5.41) is 9.07. The fraction of sp³-hybridized carbons (Fsp3) is 0.417. The maximum absolute atomic E-state index is 11.0. The lowest BCUT2D eigenvalue weighted by molar-refractivity contribution is 0.140. The van der Waals surface area contributed by atoms with E-state index in [1.165, 1.54) is 4.90 Å². The zero-order valence-corrected chi connectivity index (χ0v) is 9.31. The molecule has 1 amide bonds. The van der Waals surface area contributed by atoms with Gasteiger partial charge in [-0.25, -0.2) is 4.79 Å². The summed E-state index contributed by atoms with van der Waals surface area (Å²) in [6.45, 7) is 2.57. The summed E-state index contributed by atoms with van der Waals surface area (Å²) in [4.78, 5) is 12.5. The standard InChI is InChI=1S/C12H16N2O2/c1-8-7-9(4-5-10(8)13)11-3-2-6-14(11)12(15)16/h4-5,7,11H,2-3,6,13H2,1H3,(H,15,16). The number of carboxylic acid groups (broad SMARTS) is 1. The van der Waals surface area contributed by atoms with E-state index in [1.807, 2.05) is 25.1 Å². The molecule has 0 bridgehead atoms. The summed E-state index contributed by atoms with van der Waals surface area (Å²) in [5.41, 5.74) is 8.56. The molecule has 0 radical (unpaired) electrons. The minimum absolute atomic E-state index is 0.00296. The van der Waals surface area contributed by atoms with Crippen LogP contribution < -0.4 is 5.73 Å². The molecule has 1 saturated heterocycles. The van der Waals surface area contributed by atoms with Crippen LogP contribution in [0.2, 0.25) is 0 Å². The van der Waals surface area contributed by atoms with Gasteiger partial charge < -0.3 is 15.7 Å². The number of aryl methyl sites for hydroxylation is 1. The van der Waals surface area contributed by atoms with E-state index in [2.05, 4.69) is 0 Å². The molecule has 4 nitrogen and oxygen atoms in total. The number of likely N-dealkylation sites (tertiary alicyclic amines) is 1. The van der Waals surface area contributed by atoms with Crippen LogP contribution in [-0.2, 0) is 0 Å². The van der Waals surface area contributed by atoms with Gasteiger partial charge in [0, 0.05) is 12.2 Å². The van der Waals surface area contributed by atoms with E-state index in [1.54, 1.807) is 0 Å². The summed E-state index contributed by atoms with van der Waals surface area (Å²) in [5.74, 6) is 0. The molecule has 86 valence electrons. The van der Waals surface area contributed by atoms with Crippen LogP contribution in [0.25, 0.3) is 0 Å². The number of nitrogen functional groups attached to an aromatic ring is 1. The van der Waals surface area contributed by atoms with Gasteiger partial charge in [0.1, 0.15) is 0 Å². The Bertz CT molecular complexity index is 417. The Morgan fingerprint density at radius 2 is 2.31 bits per heavy atom. The third-order valence-electron chi connectivity index (χ3n) is 3.18. The fourth-order valence-corrected chi connectivity index (χ4v) is 2.25. The van der Waals surface area contributed by atoms with Gasteiger partial charge in [0.05, 0.1) is 6.04 Å². The Hall–Kier alpha value is -1.71. The predicted octanol–water partition coefficient (Wildman–Crippen LogP) is 2.39. The average Bonchev–Trinajstić information content (AvgIpc) is 2.71. The maximum atomic E-state index is 11.0. The van der Waals surface area contributed by atoms with Crippen molar-refractivity contribution >= 4 is 11.8 Å². The van der Waals surface area contributed by atoms with Crippen molar-refractivity contribution in [1.29, 1.82) is 0 Å². The molecular formula is C12H16N2O2. The smallest absolute Gasteiger partial charge is 0.407 e. The molecule has 0 spiro atoms. The van der Waals surface area contributed by atoms with E-state index in [9.17, 15) is 4.79 Å². The van der Waals surface area contributed by atoms with Crippen LogP contribution in [0, 0.1) is 6.92 Å². The Labute approximate surface area is 94.7 Å². The minimum Gasteiger partial charge on any atom is -0.465 e. The van der Waals surface area contributed by atoms with Gasteiger partial charge in [-0.2, -0.15) is 0 Å². The molecule has 1 aromatic carbocycles. The monoisotopic (exact) mass is 220 g/mol. The largest absolute Gasteiger partial charge is 0.465 e. The van der Waals surface area contributed by atoms with Crippen LogP contribution in [0.5, 0.6) is 0 Å². The van der Waals surface area contributed by atoms with Crippen molar-refractivity contribution in [3.05, 3.63) is 29.3 Å². The predicted molar refractivity (Wildman–Crippen MR) is 62.3 cm³/mol. The highest BCUT2D eigenvalue weighted by Crippen LogP contribution is 2.32. The normalized spacial score (nSPS) is 20.1. The van der Waals surface area contributed by atoms with E-state index in [0.717, 1.165) is 29.7 Å². The van der Waals surface area contributed by atoms with Crippen molar-refractivity contribution in [3.63, 3.8) is 0 Å². The Kier molecular flexibility index (Phi) is 2.73. The molecule has 1 heterocycles. The second-order valence-corrected chi connectivity index (χ2v) is 4.25. The Morgan fingerprint density at radius 3 is 2.94 bits per heavy atom. The zero-order valence-electron chi connectivity index (χ0n) is 9.31.